The summed E-state index contributed by atoms with van der Waals surface area (Å²) in [6.45, 7) is 3.15. The van der Waals surface area contributed by atoms with Crippen LogP contribution in [0.25, 0.3) is 0 Å². The van der Waals surface area contributed by atoms with Gasteiger partial charge in [-0.3, -0.25) is 0 Å². The second-order valence-corrected chi connectivity index (χ2v) is 4.99. The van der Waals surface area contributed by atoms with Crippen LogP contribution in [0.3, 0.4) is 0 Å². The Balaban J connectivity index is 2.00. The molecule has 1 aliphatic rings. The van der Waals surface area contributed by atoms with Gasteiger partial charge in [-0.05, 0) is 19.5 Å². The molecule has 0 saturated carbocycles. The molecule has 1 N–H and O–H groups in total. The van der Waals surface area contributed by atoms with Gasteiger partial charge >= 0.3 is 0 Å². The minimum Gasteiger partial charge on any atom is -0.496 e. The summed E-state index contributed by atoms with van der Waals surface area (Å²) in [6, 6.07) is 0.452. The summed E-state index contributed by atoms with van der Waals surface area (Å²) in [7, 11) is 2.04. The van der Waals surface area contributed by atoms with Crippen LogP contribution in [-0.2, 0) is 4.74 Å². The molecular formula is C15H29NO. The largest absolute Gasteiger partial charge is 0.496 e. The molecule has 0 fully saturated rings. The summed E-state index contributed by atoms with van der Waals surface area (Å²) < 4.78 is 5.61. The summed E-state index contributed by atoms with van der Waals surface area (Å²) >= 11 is 0. The van der Waals surface area contributed by atoms with Crippen LogP contribution in [0.4, 0.5) is 0 Å². The zero-order chi connectivity index (χ0) is 12.3. The first-order valence-electron chi connectivity index (χ1n) is 7.38. The van der Waals surface area contributed by atoms with Gasteiger partial charge in [-0.25, -0.2) is 0 Å². The molecule has 2 heteroatoms. The monoisotopic (exact) mass is 239 g/mol. The zero-order valence-electron chi connectivity index (χ0n) is 11.6. The quantitative estimate of drug-likeness (QED) is 0.581. The van der Waals surface area contributed by atoms with Gasteiger partial charge in [-0.15, -0.1) is 0 Å². The highest BCUT2D eigenvalue weighted by atomic mass is 16.5. The molecule has 1 rings (SSSR count). The predicted octanol–water partition coefficient (Wildman–Crippen LogP) is 4.02. The number of hydrogen-bond acceptors (Lipinski definition) is 2. The molecule has 0 aliphatic carbocycles. The molecule has 1 atom stereocenters. The molecule has 1 unspecified atom stereocenters. The number of ether oxygens (including phenoxy) is 1. The number of hydrogen-bond donors (Lipinski definition) is 1. The van der Waals surface area contributed by atoms with E-state index in [4.69, 9.17) is 4.74 Å². The van der Waals surface area contributed by atoms with Gasteiger partial charge < -0.3 is 10.1 Å². The summed E-state index contributed by atoms with van der Waals surface area (Å²) in [6.07, 6.45) is 14.2. The van der Waals surface area contributed by atoms with Crippen LogP contribution in [0.5, 0.6) is 0 Å². The second kappa shape index (κ2) is 9.52. The van der Waals surface area contributed by atoms with E-state index >= 15 is 0 Å². The Labute approximate surface area is 107 Å². The van der Waals surface area contributed by atoms with E-state index in [0.29, 0.717) is 6.04 Å². The van der Waals surface area contributed by atoms with Gasteiger partial charge in [0.2, 0.25) is 0 Å². The van der Waals surface area contributed by atoms with Crippen molar-refractivity contribution in [1.82, 2.24) is 5.32 Å². The third-order valence-electron chi connectivity index (χ3n) is 3.52. The second-order valence-electron chi connectivity index (χ2n) is 4.99. The van der Waals surface area contributed by atoms with Gasteiger partial charge in [0, 0.05) is 6.42 Å². The predicted molar refractivity (Wildman–Crippen MR) is 74.1 cm³/mol. The highest BCUT2D eigenvalue weighted by molar-refractivity contribution is 5.06. The molecular weight excluding hydrogens is 210 g/mol. The van der Waals surface area contributed by atoms with Crippen LogP contribution in [0.2, 0.25) is 0 Å². The average molecular weight is 239 g/mol. The molecule has 2 nitrogen and oxygen atoms in total. The Morgan fingerprint density at radius 2 is 1.88 bits per heavy atom. The maximum atomic E-state index is 5.61. The lowest BCUT2D eigenvalue weighted by Gasteiger charge is -2.17. The van der Waals surface area contributed by atoms with Crippen LogP contribution >= 0.6 is 0 Å². The molecule has 0 saturated heterocycles. The van der Waals surface area contributed by atoms with Crippen molar-refractivity contribution in [1.29, 1.82) is 0 Å². The van der Waals surface area contributed by atoms with Crippen molar-refractivity contribution in [3.05, 3.63) is 11.8 Å². The minimum atomic E-state index is 0.452. The maximum absolute atomic E-state index is 5.61. The number of likely N-dealkylation sites (N-methyl/N-ethyl adjacent to an activating group) is 1. The van der Waals surface area contributed by atoms with Crippen molar-refractivity contribution in [2.24, 2.45) is 0 Å². The SMILES string of the molecule is CCCCCCCCCC(NC)C1=CCCO1. The fourth-order valence-corrected chi connectivity index (χ4v) is 2.41. The van der Waals surface area contributed by atoms with Crippen molar-refractivity contribution in [3.63, 3.8) is 0 Å². The van der Waals surface area contributed by atoms with Crippen molar-refractivity contribution in [2.45, 2.75) is 70.8 Å². The Morgan fingerprint density at radius 3 is 2.47 bits per heavy atom. The first-order valence-corrected chi connectivity index (χ1v) is 7.38. The zero-order valence-corrected chi connectivity index (χ0v) is 11.6. The normalized spacial score (nSPS) is 16.7. The van der Waals surface area contributed by atoms with Gasteiger partial charge in [-0.2, -0.15) is 0 Å². The van der Waals surface area contributed by atoms with Crippen molar-refractivity contribution in [3.8, 4) is 0 Å². The van der Waals surface area contributed by atoms with Crippen LogP contribution in [-0.4, -0.2) is 19.7 Å². The fraction of sp³-hybridized carbons (Fsp3) is 0.867. The van der Waals surface area contributed by atoms with Gasteiger partial charge in [-0.1, -0.05) is 51.9 Å². The third kappa shape index (κ3) is 6.11. The lowest BCUT2D eigenvalue weighted by molar-refractivity contribution is 0.213. The molecule has 0 aromatic carbocycles. The highest BCUT2D eigenvalue weighted by Crippen LogP contribution is 2.18. The van der Waals surface area contributed by atoms with E-state index in [2.05, 4.69) is 18.3 Å². The number of unbranched alkanes of at least 4 members (excludes halogenated alkanes) is 6. The molecule has 0 aromatic rings. The molecule has 17 heavy (non-hydrogen) atoms. The summed E-state index contributed by atoms with van der Waals surface area (Å²) in [5.41, 5.74) is 0. The van der Waals surface area contributed by atoms with Crippen molar-refractivity contribution in [2.75, 3.05) is 13.7 Å². The van der Waals surface area contributed by atoms with Gasteiger partial charge in [0.15, 0.2) is 0 Å². The van der Waals surface area contributed by atoms with E-state index in [1.54, 1.807) is 0 Å². The fourth-order valence-electron chi connectivity index (χ4n) is 2.41. The van der Waals surface area contributed by atoms with E-state index < -0.39 is 0 Å². The standard InChI is InChI=1S/C15H29NO/c1-3-4-5-6-7-8-9-11-14(16-2)15-12-10-13-17-15/h12,14,16H,3-11,13H2,1-2H3. The Kier molecular flexibility index (Phi) is 8.16. The molecule has 100 valence electrons. The highest BCUT2D eigenvalue weighted by Gasteiger charge is 2.16. The topological polar surface area (TPSA) is 21.3 Å². The lowest BCUT2D eigenvalue weighted by Crippen LogP contribution is -2.27. The molecule has 0 amide bonds. The van der Waals surface area contributed by atoms with E-state index in [1.165, 1.54) is 57.1 Å². The molecule has 0 spiro atoms. The number of rotatable bonds is 10. The van der Waals surface area contributed by atoms with Crippen molar-refractivity contribution < 1.29 is 4.74 Å². The smallest absolute Gasteiger partial charge is 0.109 e. The molecule has 0 radical (unpaired) electrons. The molecule has 0 aromatic heterocycles. The van der Waals surface area contributed by atoms with Gasteiger partial charge in [0.1, 0.15) is 5.76 Å². The summed E-state index contributed by atoms with van der Waals surface area (Å²) in [5, 5.41) is 3.36. The van der Waals surface area contributed by atoms with Crippen molar-refractivity contribution >= 4 is 0 Å². The van der Waals surface area contributed by atoms with E-state index in [1.807, 2.05) is 7.05 Å². The Morgan fingerprint density at radius 1 is 1.18 bits per heavy atom. The third-order valence-corrected chi connectivity index (χ3v) is 3.52. The molecule has 1 aliphatic heterocycles. The van der Waals surface area contributed by atoms with Crippen LogP contribution in [0, 0.1) is 0 Å². The minimum absolute atomic E-state index is 0.452. The first kappa shape index (κ1) is 14.6. The molecule has 1 heterocycles. The maximum Gasteiger partial charge on any atom is 0.109 e. The average Bonchev–Trinajstić information content (AvgIpc) is 2.86. The van der Waals surface area contributed by atoms with Crippen LogP contribution in [0.1, 0.15) is 64.7 Å². The first-order chi connectivity index (χ1) is 8.38. The summed E-state index contributed by atoms with van der Waals surface area (Å²) in [4.78, 5) is 0. The lowest BCUT2D eigenvalue weighted by atomic mass is 10.0. The van der Waals surface area contributed by atoms with E-state index in [0.717, 1.165) is 13.0 Å². The Hall–Kier alpha value is -0.500. The van der Waals surface area contributed by atoms with Gasteiger partial charge in [0.05, 0.1) is 12.6 Å². The Bertz CT molecular complexity index is 213. The molecule has 0 bridgehead atoms. The number of nitrogens with one attached hydrogen (secondary N) is 1. The van der Waals surface area contributed by atoms with Crippen LogP contribution < -0.4 is 5.32 Å². The van der Waals surface area contributed by atoms with E-state index in [9.17, 15) is 0 Å². The van der Waals surface area contributed by atoms with E-state index in [-0.39, 0.29) is 0 Å². The summed E-state index contributed by atoms with van der Waals surface area (Å²) in [5.74, 6) is 1.18. The van der Waals surface area contributed by atoms with Crippen LogP contribution in [0.15, 0.2) is 11.8 Å². The van der Waals surface area contributed by atoms with Gasteiger partial charge in [0.25, 0.3) is 0 Å².